The van der Waals surface area contributed by atoms with Gasteiger partial charge in [-0.1, -0.05) is 24.3 Å². The fourth-order valence-electron chi connectivity index (χ4n) is 1.90. The highest BCUT2D eigenvalue weighted by atomic mass is 19.1. The van der Waals surface area contributed by atoms with Gasteiger partial charge in [-0.25, -0.2) is 4.39 Å². The average molecular weight is 245 g/mol. The van der Waals surface area contributed by atoms with Crippen LogP contribution in [0.4, 0.5) is 4.39 Å². The monoisotopic (exact) mass is 245 g/mol. The molecule has 0 fully saturated rings. The molecule has 0 aliphatic heterocycles. The Hall–Kier alpha value is -1.87. The molecule has 0 aliphatic rings. The van der Waals surface area contributed by atoms with Gasteiger partial charge in [-0.3, -0.25) is 0 Å². The molecule has 0 spiro atoms. The van der Waals surface area contributed by atoms with Crippen LogP contribution in [-0.4, -0.2) is 7.11 Å². The summed E-state index contributed by atoms with van der Waals surface area (Å²) in [4.78, 5) is 0. The molecule has 0 saturated heterocycles. The van der Waals surface area contributed by atoms with E-state index >= 15 is 0 Å². The molecule has 2 aromatic carbocycles. The second-order valence-electron chi connectivity index (χ2n) is 4.28. The number of methoxy groups -OCH3 is 1. The lowest BCUT2D eigenvalue weighted by Crippen LogP contribution is -2.13. The number of ether oxygens (including phenoxy) is 1. The van der Waals surface area contributed by atoms with Crippen molar-refractivity contribution in [1.29, 1.82) is 0 Å². The molecule has 2 N–H and O–H groups in total. The minimum Gasteiger partial charge on any atom is -0.497 e. The second kappa shape index (κ2) is 5.19. The standard InChI is InChI=1S/C15H16FNO/c1-10-6-7-13(14(16)8-10)15(17)11-4-3-5-12(9-11)18-2/h3-9,15H,17H2,1-2H3. The Balaban J connectivity index is 2.37. The van der Waals surface area contributed by atoms with Gasteiger partial charge in [0.15, 0.2) is 0 Å². The molecule has 2 rings (SSSR count). The first kappa shape index (κ1) is 12.6. The molecule has 1 atom stereocenters. The molecule has 0 radical (unpaired) electrons. The summed E-state index contributed by atoms with van der Waals surface area (Å²) >= 11 is 0. The van der Waals surface area contributed by atoms with Gasteiger partial charge in [0.25, 0.3) is 0 Å². The molecule has 2 nitrogen and oxygen atoms in total. The Morgan fingerprint density at radius 1 is 1.17 bits per heavy atom. The van der Waals surface area contributed by atoms with Crippen molar-refractivity contribution in [2.24, 2.45) is 5.73 Å². The van der Waals surface area contributed by atoms with Crippen LogP contribution in [0.3, 0.4) is 0 Å². The normalized spacial score (nSPS) is 12.2. The van der Waals surface area contributed by atoms with Crippen molar-refractivity contribution in [2.45, 2.75) is 13.0 Å². The Morgan fingerprint density at radius 3 is 2.61 bits per heavy atom. The van der Waals surface area contributed by atoms with Crippen LogP contribution >= 0.6 is 0 Å². The van der Waals surface area contributed by atoms with Crippen molar-refractivity contribution in [1.82, 2.24) is 0 Å². The lowest BCUT2D eigenvalue weighted by Gasteiger charge is -2.14. The Bertz CT molecular complexity index is 554. The summed E-state index contributed by atoms with van der Waals surface area (Å²) in [7, 11) is 1.59. The molecule has 0 aliphatic carbocycles. The number of halogens is 1. The van der Waals surface area contributed by atoms with E-state index in [-0.39, 0.29) is 5.82 Å². The van der Waals surface area contributed by atoms with Crippen LogP contribution in [0.25, 0.3) is 0 Å². The van der Waals surface area contributed by atoms with Crippen molar-refractivity contribution in [2.75, 3.05) is 7.11 Å². The summed E-state index contributed by atoms with van der Waals surface area (Å²) in [6, 6.07) is 12.0. The largest absolute Gasteiger partial charge is 0.497 e. The van der Waals surface area contributed by atoms with E-state index in [0.717, 1.165) is 16.9 Å². The number of benzene rings is 2. The van der Waals surface area contributed by atoms with Gasteiger partial charge in [-0.15, -0.1) is 0 Å². The van der Waals surface area contributed by atoms with Crippen molar-refractivity contribution in [3.63, 3.8) is 0 Å². The number of aryl methyl sites for hydroxylation is 1. The Kier molecular flexibility index (Phi) is 3.63. The lowest BCUT2D eigenvalue weighted by atomic mass is 9.98. The topological polar surface area (TPSA) is 35.2 Å². The predicted molar refractivity (Wildman–Crippen MR) is 70.2 cm³/mol. The quantitative estimate of drug-likeness (QED) is 0.901. The summed E-state index contributed by atoms with van der Waals surface area (Å²) in [6.45, 7) is 1.85. The van der Waals surface area contributed by atoms with Gasteiger partial charge in [-0.2, -0.15) is 0 Å². The van der Waals surface area contributed by atoms with Crippen LogP contribution in [0.2, 0.25) is 0 Å². The van der Waals surface area contributed by atoms with Gasteiger partial charge in [0.05, 0.1) is 13.2 Å². The molecule has 0 heterocycles. The molecule has 3 heteroatoms. The third-order valence-corrected chi connectivity index (χ3v) is 2.94. The molecular weight excluding hydrogens is 229 g/mol. The average Bonchev–Trinajstić information content (AvgIpc) is 2.38. The summed E-state index contributed by atoms with van der Waals surface area (Å²) < 4.78 is 19.0. The zero-order valence-corrected chi connectivity index (χ0v) is 10.5. The highest BCUT2D eigenvalue weighted by Crippen LogP contribution is 2.25. The van der Waals surface area contributed by atoms with E-state index in [2.05, 4.69) is 0 Å². The van der Waals surface area contributed by atoms with Crippen molar-refractivity contribution in [3.05, 3.63) is 65.0 Å². The summed E-state index contributed by atoms with van der Waals surface area (Å²) in [6.07, 6.45) is 0. The van der Waals surface area contributed by atoms with Gasteiger partial charge in [0.1, 0.15) is 11.6 Å². The maximum Gasteiger partial charge on any atom is 0.128 e. The van der Waals surface area contributed by atoms with Crippen molar-refractivity contribution >= 4 is 0 Å². The van der Waals surface area contributed by atoms with E-state index in [1.807, 2.05) is 37.3 Å². The van der Waals surface area contributed by atoms with Gasteiger partial charge >= 0.3 is 0 Å². The fraction of sp³-hybridized carbons (Fsp3) is 0.200. The predicted octanol–water partition coefficient (Wildman–Crippen LogP) is 3.19. The zero-order chi connectivity index (χ0) is 13.1. The molecule has 0 aromatic heterocycles. The van der Waals surface area contributed by atoms with E-state index in [1.165, 1.54) is 6.07 Å². The fourth-order valence-corrected chi connectivity index (χ4v) is 1.90. The van der Waals surface area contributed by atoms with Crippen molar-refractivity contribution < 1.29 is 9.13 Å². The summed E-state index contributed by atoms with van der Waals surface area (Å²) in [5.41, 5.74) is 8.30. The van der Waals surface area contributed by atoms with Crippen LogP contribution in [0, 0.1) is 12.7 Å². The van der Waals surface area contributed by atoms with Gasteiger partial charge in [-0.05, 0) is 36.2 Å². The second-order valence-corrected chi connectivity index (χ2v) is 4.28. The highest BCUT2D eigenvalue weighted by Gasteiger charge is 2.14. The van der Waals surface area contributed by atoms with Crippen LogP contribution in [0.15, 0.2) is 42.5 Å². The highest BCUT2D eigenvalue weighted by molar-refractivity contribution is 5.37. The van der Waals surface area contributed by atoms with Gasteiger partial charge in [0, 0.05) is 5.56 Å². The number of hydrogen-bond acceptors (Lipinski definition) is 2. The zero-order valence-electron chi connectivity index (χ0n) is 10.5. The maximum atomic E-state index is 13.9. The third-order valence-electron chi connectivity index (χ3n) is 2.94. The SMILES string of the molecule is COc1cccc(C(N)c2ccc(C)cc2F)c1. The molecular formula is C15H16FNO. The number of rotatable bonds is 3. The maximum absolute atomic E-state index is 13.9. The molecule has 0 bridgehead atoms. The van der Waals surface area contributed by atoms with Crippen LogP contribution in [-0.2, 0) is 0 Å². The Labute approximate surface area is 106 Å². The molecule has 1 unspecified atom stereocenters. The number of hydrogen-bond donors (Lipinski definition) is 1. The van der Waals surface area contributed by atoms with E-state index in [1.54, 1.807) is 13.2 Å². The van der Waals surface area contributed by atoms with E-state index in [0.29, 0.717) is 5.56 Å². The van der Waals surface area contributed by atoms with E-state index in [4.69, 9.17) is 10.5 Å². The van der Waals surface area contributed by atoms with E-state index < -0.39 is 6.04 Å². The minimum absolute atomic E-state index is 0.273. The number of nitrogens with two attached hydrogens (primary N) is 1. The van der Waals surface area contributed by atoms with Crippen molar-refractivity contribution in [3.8, 4) is 5.75 Å². The first-order valence-corrected chi connectivity index (χ1v) is 5.77. The van der Waals surface area contributed by atoms with Gasteiger partial charge in [0.2, 0.25) is 0 Å². The first-order chi connectivity index (χ1) is 8.61. The van der Waals surface area contributed by atoms with Crippen LogP contribution in [0.5, 0.6) is 5.75 Å². The van der Waals surface area contributed by atoms with Crippen LogP contribution < -0.4 is 10.5 Å². The third kappa shape index (κ3) is 2.51. The molecule has 94 valence electrons. The minimum atomic E-state index is -0.485. The molecule has 18 heavy (non-hydrogen) atoms. The summed E-state index contributed by atoms with van der Waals surface area (Å²) in [5, 5.41) is 0. The first-order valence-electron chi connectivity index (χ1n) is 5.77. The van der Waals surface area contributed by atoms with E-state index in [9.17, 15) is 4.39 Å². The smallest absolute Gasteiger partial charge is 0.128 e. The van der Waals surface area contributed by atoms with Crippen LogP contribution in [0.1, 0.15) is 22.7 Å². The summed E-state index contributed by atoms with van der Waals surface area (Å²) in [5.74, 6) is 0.445. The molecule has 0 saturated carbocycles. The lowest BCUT2D eigenvalue weighted by molar-refractivity contribution is 0.414. The molecule has 0 amide bonds. The molecule has 2 aromatic rings. The Morgan fingerprint density at radius 2 is 1.94 bits per heavy atom. The van der Waals surface area contributed by atoms with Gasteiger partial charge < -0.3 is 10.5 Å².